The second-order valence-corrected chi connectivity index (χ2v) is 8.18. The zero-order chi connectivity index (χ0) is 21.2. The number of nitriles is 1. The summed E-state index contributed by atoms with van der Waals surface area (Å²) in [7, 11) is 0. The van der Waals surface area contributed by atoms with Gasteiger partial charge < -0.3 is 9.80 Å². The predicted molar refractivity (Wildman–Crippen MR) is 109 cm³/mol. The van der Waals surface area contributed by atoms with Crippen LogP contribution >= 0.6 is 0 Å². The van der Waals surface area contributed by atoms with Crippen molar-refractivity contribution in [1.82, 2.24) is 4.90 Å². The average molecular weight is 393 g/mol. The molecule has 0 N–H and O–H groups in total. The Morgan fingerprint density at radius 2 is 1.62 bits per heavy atom. The summed E-state index contributed by atoms with van der Waals surface area (Å²) in [6, 6.07) is 13.6. The van der Waals surface area contributed by atoms with Crippen molar-refractivity contribution in [2.24, 2.45) is 0 Å². The number of hydrogen-bond acceptors (Lipinski definition) is 4. The molecule has 1 heterocycles. The molecule has 0 radical (unpaired) electrons. The summed E-state index contributed by atoms with van der Waals surface area (Å²) in [5, 5.41) is 9.21. The first-order valence-electron chi connectivity index (χ1n) is 9.60. The fraction of sp³-hybridized carbons (Fsp3) is 0.348. The zero-order valence-corrected chi connectivity index (χ0v) is 16.9. The highest BCUT2D eigenvalue weighted by molar-refractivity contribution is 6.42. The zero-order valence-electron chi connectivity index (χ0n) is 16.9. The van der Waals surface area contributed by atoms with E-state index in [1.54, 1.807) is 24.3 Å². The molecule has 1 fully saturated rings. The van der Waals surface area contributed by atoms with Crippen LogP contribution in [0.2, 0.25) is 0 Å². The minimum atomic E-state index is -0.558. The molecule has 2 aromatic carbocycles. The maximum Gasteiger partial charge on any atom is 0.295 e. The van der Waals surface area contributed by atoms with Gasteiger partial charge in [0.2, 0.25) is 5.78 Å². The fourth-order valence-electron chi connectivity index (χ4n) is 3.43. The van der Waals surface area contributed by atoms with Gasteiger partial charge in [-0.1, -0.05) is 51.1 Å². The van der Waals surface area contributed by atoms with E-state index in [-0.39, 0.29) is 11.0 Å². The molecule has 29 heavy (non-hydrogen) atoms. The number of rotatable bonds is 3. The first kappa shape index (κ1) is 20.5. The molecule has 2 aromatic rings. The Morgan fingerprint density at radius 3 is 2.17 bits per heavy atom. The van der Waals surface area contributed by atoms with Crippen LogP contribution in [-0.4, -0.2) is 42.8 Å². The number of piperazine rings is 1. The van der Waals surface area contributed by atoms with Crippen LogP contribution in [0.5, 0.6) is 0 Å². The third-order valence-electron chi connectivity index (χ3n) is 5.22. The van der Waals surface area contributed by atoms with Crippen molar-refractivity contribution in [1.29, 1.82) is 5.26 Å². The third kappa shape index (κ3) is 4.29. The van der Waals surface area contributed by atoms with Crippen molar-refractivity contribution >= 4 is 17.4 Å². The van der Waals surface area contributed by atoms with Crippen LogP contribution in [0, 0.1) is 17.1 Å². The lowest BCUT2D eigenvalue weighted by Crippen LogP contribution is -2.50. The summed E-state index contributed by atoms with van der Waals surface area (Å²) < 4.78 is 13.8. The van der Waals surface area contributed by atoms with Gasteiger partial charge in [0, 0.05) is 31.7 Å². The molecule has 0 saturated carbocycles. The van der Waals surface area contributed by atoms with Gasteiger partial charge in [-0.3, -0.25) is 9.59 Å². The highest BCUT2D eigenvalue weighted by Crippen LogP contribution is 2.25. The Bertz CT molecular complexity index is 963. The molecule has 5 nitrogen and oxygen atoms in total. The second-order valence-electron chi connectivity index (χ2n) is 8.18. The molecule has 1 aliphatic heterocycles. The molecule has 0 aromatic heterocycles. The fourth-order valence-corrected chi connectivity index (χ4v) is 3.43. The standard InChI is InChI=1S/C23H24FN3O2/c1-23(2,3)17-9-7-16(8-10-17)21(28)22(29)27-13-11-26(12-14-27)20-6-4-5-19(24)18(20)15-25/h4-10H,11-14H2,1-3H3. The monoisotopic (exact) mass is 393 g/mol. The molecule has 1 saturated heterocycles. The molecular weight excluding hydrogens is 369 g/mol. The highest BCUT2D eigenvalue weighted by Gasteiger charge is 2.28. The number of hydrogen-bond donors (Lipinski definition) is 0. The van der Waals surface area contributed by atoms with E-state index in [0.717, 1.165) is 5.56 Å². The topological polar surface area (TPSA) is 64.4 Å². The molecule has 0 spiro atoms. The smallest absolute Gasteiger partial charge is 0.295 e. The lowest BCUT2D eigenvalue weighted by atomic mass is 9.86. The van der Waals surface area contributed by atoms with Crippen molar-refractivity contribution in [3.63, 3.8) is 0 Å². The van der Waals surface area contributed by atoms with Gasteiger partial charge in [0.1, 0.15) is 17.4 Å². The van der Waals surface area contributed by atoms with Crippen molar-refractivity contribution < 1.29 is 14.0 Å². The first-order valence-corrected chi connectivity index (χ1v) is 9.60. The number of carbonyl (C=O) groups excluding carboxylic acids is 2. The first-order chi connectivity index (χ1) is 13.7. The van der Waals surface area contributed by atoms with E-state index in [2.05, 4.69) is 20.8 Å². The number of Topliss-reactive ketones (excluding diaryl/α,β-unsaturated/α-hetero) is 1. The molecule has 0 bridgehead atoms. The van der Waals surface area contributed by atoms with E-state index in [1.807, 2.05) is 23.1 Å². The molecule has 3 rings (SSSR count). The highest BCUT2D eigenvalue weighted by atomic mass is 19.1. The number of halogens is 1. The van der Waals surface area contributed by atoms with Gasteiger partial charge in [0.25, 0.3) is 5.91 Å². The van der Waals surface area contributed by atoms with Crippen molar-refractivity contribution in [2.75, 3.05) is 31.1 Å². The van der Waals surface area contributed by atoms with E-state index >= 15 is 0 Å². The number of amides is 1. The predicted octanol–water partition coefficient (Wildman–Crippen LogP) is 3.53. The average Bonchev–Trinajstić information content (AvgIpc) is 2.72. The van der Waals surface area contributed by atoms with Crippen molar-refractivity contribution in [2.45, 2.75) is 26.2 Å². The Labute approximate surface area is 170 Å². The second kappa shape index (κ2) is 8.04. The van der Waals surface area contributed by atoms with E-state index in [0.29, 0.717) is 37.4 Å². The maximum absolute atomic E-state index is 13.8. The van der Waals surface area contributed by atoms with Gasteiger partial charge in [0.05, 0.1) is 5.69 Å². The van der Waals surface area contributed by atoms with Crippen LogP contribution in [0.3, 0.4) is 0 Å². The van der Waals surface area contributed by atoms with E-state index in [4.69, 9.17) is 0 Å². The van der Waals surface area contributed by atoms with Crippen LogP contribution in [0.25, 0.3) is 0 Å². The van der Waals surface area contributed by atoms with Crippen LogP contribution in [-0.2, 0) is 10.2 Å². The van der Waals surface area contributed by atoms with Gasteiger partial charge in [0.15, 0.2) is 0 Å². The van der Waals surface area contributed by atoms with Crippen LogP contribution < -0.4 is 4.90 Å². The molecular formula is C23H24FN3O2. The molecule has 0 atom stereocenters. The summed E-state index contributed by atoms with van der Waals surface area (Å²) in [5.74, 6) is -1.62. The number of carbonyl (C=O) groups is 2. The number of nitrogens with zero attached hydrogens (tertiary/aromatic N) is 3. The molecule has 150 valence electrons. The lowest BCUT2D eigenvalue weighted by Gasteiger charge is -2.36. The summed E-state index contributed by atoms with van der Waals surface area (Å²) in [4.78, 5) is 28.6. The molecule has 0 aliphatic carbocycles. The Kier molecular flexibility index (Phi) is 5.69. The van der Waals surface area contributed by atoms with Crippen LogP contribution in [0.4, 0.5) is 10.1 Å². The summed E-state index contributed by atoms with van der Waals surface area (Å²) in [6.45, 7) is 7.80. The summed E-state index contributed by atoms with van der Waals surface area (Å²) in [5.41, 5.74) is 1.97. The molecule has 1 amide bonds. The van der Waals surface area contributed by atoms with Crippen molar-refractivity contribution in [3.05, 3.63) is 65.0 Å². The minimum absolute atomic E-state index is 0.00212. The van der Waals surface area contributed by atoms with Gasteiger partial charge in [-0.15, -0.1) is 0 Å². The van der Waals surface area contributed by atoms with Gasteiger partial charge in [-0.05, 0) is 23.1 Å². The summed E-state index contributed by atoms with van der Waals surface area (Å²) >= 11 is 0. The third-order valence-corrected chi connectivity index (χ3v) is 5.22. The largest absolute Gasteiger partial charge is 0.367 e. The van der Waals surface area contributed by atoms with Gasteiger partial charge >= 0.3 is 0 Å². The lowest BCUT2D eigenvalue weighted by molar-refractivity contribution is -0.126. The Balaban J connectivity index is 1.67. The summed E-state index contributed by atoms with van der Waals surface area (Å²) in [6.07, 6.45) is 0. The molecule has 6 heteroatoms. The number of benzene rings is 2. The van der Waals surface area contributed by atoms with Crippen molar-refractivity contribution in [3.8, 4) is 6.07 Å². The Hall–Kier alpha value is -3.20. The van der Waals surface area contributed by atoms with Crippen LogP contribution in [0.1, 0.15) is 42.3 Å². The van der Waals surface area contributed by atoms with Gasteiger partial charge in [-0.2, -0.15) is 5.26 Å². The van der Waals surface area contributed by atoms with E-state index < -0.39 is 17.5 Å². The molecule has 1 aliphatic rings. The number of ketones is 1. The van der Waals surface area contributed by atoms with Crippen LogP contribution in [0.15, 0.2) is 42.5 Å². The van der Waals surface area contributed by atoms with Gasteiger partial charge in [-0.25, -0.2) is 4.39 Å². The number of anilines is 1. The molecule has 0 unspecified atom stereocenters. The Morgan fingerprint density at radius 1 is 1.00 bits per heavy atom. The quantitative estimate of drug-likeness (QED) is 0.591. The maximum atomic E-state index is 13.8. The minimum Gasteiger partial charge on any atom is -0.367 e. The normalized spacial score (nSPS) is 14.4. The van der Waals surface area contributed by atoms with E-state index in [1.165, 1.54) is 11.0 Å². The van der Waals surface area contributed by atoms with E-state index in [9.17, 15) is 19.2 Å². The SMILES string of the molecule is CC(C)(C)c1ccc(C(=O)C(=O)N2CCN(c3cccc(F)c3C#N)CC2)cc1.